The first-order valence-electron chi connectivity index (χ1n) is 11.5. The van der Waals surface area contributed by atoms with E-state index in [2.05, 4.69) is 71.6 Å². The molecule has 0 saturated carbocycles. The number of carbonyl (C=O) groups is 1. The number of piperazine rings is 1. The summed E-state index contributed by atoms with van der Waals surface area (Å²) in [5.41, 5.74) is 4.64. The number of benzene rings is 1. The summed E-state index contributed by atoms with van der Waals surface area (Å²) in [4.78, 5) is 26.8. The first kappa shape index (κ1) is 23.2. The fraction of sp³-hybridized carbons (Fsp3) is 0.577. The van der Waals surface area contributed by atoms with E-state index in [0.717, 1.165) is 61.1 Å². The van der Waals surface area contributed by atoms with Crippen molar-refractivity contribution in [3.05, 3.63) is 41.1 Å². The summed E-state index contributed by atoms with van der Waals surface area (Å²) >= 11 is 0. The van der Waals surface area contributed by atoms with Crippen LogP contribution >= 0.6 is 0 Å². The molecule has 0 N–H and O–H groups in total. The predicted octanol–water partition coefficient (Wildman–Crippen LogP) is 5.18. The molecule has 1 amide bonds. The Morgan fingerprint density at radius 2 is 1.74 bits per heavy atom. The molecule has 31 heavy (non-hydrogen) atoms. The van der Waals surface area contributed by atoms with Crippen LogP contribution in [0.1, 0.15) is 57.4 Å². The number of carbonyl (C=O) groups excluding carboxylic acids is 1. The van der Waals surface area contributed by atoms with Gasteiger partial charge in [-0.3, -0.25) is 4.79 Å². The minimum Gasteiger partial charge on any atom is -0.353 e. The van der Waals surface area contributed by atoms with Crippen LogP contribution in [-0.4, -0.2) is 47.0 Å². The van der Waals surface area contributed by atoms with Crippen molar-refractivity contribution in [2.45, 2.75) is 61.3 Å². The molecular formula is C26H38N4O. The van der Waals surface area contributed by atoms with Crippen LogP contribution < -0.4 is 4.90 Å². The average Bonchev–Trinajstić information content (AvgIpc) is 2.68. The van der Waals surface area contributed by atoms with Crippen molar-refractivity contribution in [1.82, 2.24) is 14.9 Å². The minimum atomic E-state index is 0.260. The molecule has 1 aromatic carbocycles. The van der Waals surface area contributed by atoms with Gasteiger partial charge in [0.2, 0.25) is 5.91 Å². The van der Waals surface area contributed by atoms with E-state index in [0.29, 0.717) is 12.3 Å². The Balaban J connectivity index is 1.68. The first-order valence-corrected chi connectivity index (χ1v) is 11.5. The molecule has 0 aliphatic carbocycles. The lowest BCUT2D eigenvalue weighted by Gasteiger charge is -2.37. The zero-order chi connectivity index (χ0) is 22.8. The lowest BCUT2D eigenvalue weighted by atomic mass is 9.84. The van der Waals surface area contributed by atoms with E-state index >= 15 is 0 Å². The number of hydrogen-bond acceptors (Lipinski definition) is 4. The molecule has 1 aliphatic rings. The van der Waals surface area contributed by atoms with Crippen molar-refractivity contribution >= 4 is 11.7 Å². The predicted molar refractivity (Wildman–Crippen MR) is 128 cm³/mol. The summed E-state index contributed by atoms with van der Waals surface area (Å²) < 4.78 is 0. The van der Waals surface area contributed by atoms with E-state index in [1.165, 1.54) is 5.56 Å². The number of rotatable bonds is 5. The maximum Gasteiger partial charge on any atom is 0.222 e. The molecule has 1 saturated heterocycles. The summed E-state index contributed by atoms with van der Waals surface area (Å²) in [6.07, 6.45) is 1.71. The fourth-order valence-electron chi connectivity index (χ4n) is 4.55. The minimum absolute atomic E-state index is 0.260. The monoisotopic (exact) mass is 422 g/mol. The maximum absolute atomic E-state index is 12.8. The highest BCUT2D eigenvalue weighted by Crippen LogP contribution is 2.28. The first-order chi connectivity index (χ1) is 14.5. The van der Waals surface area contributed by atoms with Crippen LogP contribution in [0.25, 0.3) is 11.4 Å². The maximum atomic E-state index is 12.8. The molecule has 2 heterocycles. The van der Waals surface area contributed by atoms with Crippen LogP contribution in [0.2, 0.25) is 0 Å². The zero-order valence-electron chi connectivity index (χ0n) is 20.3. The van der Waals surface area contributed by atoms with Gasteiger partial charge < -0.3 is 9.80 Å². The van der Waals surface area contributed by atoms with E-state index in [1.807, 2.05) is 11.0 Å². The summed E-state index contributed by atoms with van der Waals surface area (Å²) in [6, 6.07) is 8.33. The van der Waals surface area contributed by atoms with Gasteiger partial charge in [0.25, 0.3) is 0 Å². The van der Waals surface area contributed by atoms with E-state index in [-0.39, 0.29) is 11.3 Å². The lowest BCUT2D eigenvalue weighted by molar-refractivity contribution is -0.132. The van der Waals surface area contributed by atoms with Crippen LogP contribution in [0.3, 0.4) is 0 Å². The van der Waals surface area contributed by atoms with E-state index in [9.17, 15) is 4.79 Å². The third-order valence-corrected chi connectivity index (χ3v) is 6.06. The van der Waals surface area contributed by atoms with Crippen LogP contribution in [0, 0.1) is 32.1 Å². The van der Waals surface area contributed by atoms with E-state index in [1.54, 1.807) is 0 Å². The molecule has 168 valence electrons. The van der Waals surface area contributed by atoms with Crippen molar-refractivity contribution in [2.75, 3.05) is 31.1 Å². The number of hydrogen-bond donors (Lipinski definition) is 0. The van der Waals surface area contributed by atoms with Crippen LogP contribution in [0.15, 0.2) is 24.3 Å². The Morgan fingerprint density at radius 1 is 1.06 bits per heavy atom. The summed E-state index contributed by atoms with van der Waals surface area (Å²) in [5.74, 6) is 2.47. The summed E-state index contributed by atoms with van der Waals surface area (Å²) in [6.45, 7) is 18.3. The van der Waals surface area contributed by atoms with Gasteiger partial charge in [-0.25, -0.2) is 9.97 Å². The second kappa shape index (κ2) is 9.37. The number of amides is 1. The highest BCUT2D eigenvalue weighted by molar-refractivity contribution is 5.76. The van der Waals surface area contributed by atoms with Crippen molar-refractivity contribution in [2.24, 2.45) is 11.3 Å². The third kappa shape index (κ3) is 6.05. The molecular weight excluding hydrogens is 384 g/mol. The molecule has 5 heteroatoms. The topological polar surface area (TPSA) is 49.3 Å². The van der Waals surface area contributed by atoms with Crippen molar-refractivity contribution in [3.8, 4) is 11.4 Å². The molecule has 0 unspecified atom stereocenters. The molecule has 5 nitrogen and oxygen atoms in total. The highest BCUT2D eigenvalue weighted by atomic mass is 16.2. The Hall–Kier alpha value is -2.43. The van der Waals surface area contributed by atoms with Gasteiger partial charge in [-0.1, -0.05) is 51.5 Å². The summed E-state index contributed by atoms with van der Waals surface area (Å²) in [5, 5.41) is 0. The molecule has 2 aromatic rings. The van der Waals surface area contributed by atoms with Crippen LogP contribution in [0.5, 0.6) is 0 Å². The lowest BCUT2D eigenvalue weighted by Crippen LogP contribution is -2.49. The molecule has 1 fully saturated rings. The molecule has 1 aliphatic heterocycles. The normalized spacial score (nSPS) is 15.8. The Bertz CT molecular complexity index is 923. The van der Waals surface area contributed by atoms with Gasteiger partial charge in [-0.15, -0.1) is 0 Å². The Kier molecular flexibility index (Phi) is 7.03. The number of aryl methyl sites for hydroxylation is 2. The molecule has 0 spiro atoms. The Labute approximate surface area is 187 Å². The number of nitrogens with zero attached hydrogens (tertiary/aromatic N) is 4. The van der Waals surface area contributed by atoms with Gasteiger partial charge in [-0.05, 0) is 44.6 Å². The quantitative estimate of drug-likeness (QED) is 0.666. The highest BCUT2D eigenvalue weighted by Gasteiger charge is 2.26. The van der Waals surface area contributed by atoms with Crippen LogP contribution in [0.4, 0.5) is 5.82 Å². The van der Waals surface area contributed by atoms with Gasteiger partial charge in [0.15, 0.2) is 5.82 Å². The van der Waals surface area contributed by atoms with Crippen molar-refractivity contribution < 1.29 is 4.79 Å². The van der Waals surface area contributed by atoms with Gasteiger partial charge in [0, 0.05) is 49.4 Å². The molecule has 0 bridgehead atoms. The second-order valence-electron chi connectivity index (χ2n) is 10.4. The molecule has 1 aromatic heterocycles. The zero-order valence-corrected chi connectivity index (χ0v) is 20.3. The smallest absolute Gasteiger partial charge is 0.222 e. The Morgan fingerprint density at radius 3 is 2.35 bits per heavy atom. The van der Waals surface area contributed by atoms with Crippen molar-refractivity contribution in [1.29, 1.82) is 0 Å². The summed E-state index contributed by atoms with van der Waals surface area (Å²) in [7, 11) is 0. The van der Waals surface area contributed by atoms with Crippen LogP contribution in [-0.2, 0) is 4.79 Å². The van der Waals surface area contributed by atoms with Gasteiger partial charge >= 0.3 is 0 Å². The molecule has 3 rings (SSSR count). The van der Waals surface area contributed by atoms with Crippen molar-refractivity contribution in [3.63, 3.8) is 0 Å². The standard InChI is InChI=1S/C26H38N4O/c1-18-9-8-10-22(15-18)24-27-21(4)20(3)25(28-24)30-13-11-29(12-14-30)23(31)16-19(2)17-26(5,6)7/h8-10,15,19H,11-14,16-17H2,1-7H3/t19-/m0/s1. The van der Waals surface area contributed by atoms with Gasteiger partial charge in [0.1, 0.15) is 5.82 Å². The molecule has 0 radical (unpaired) electrons. The number of anilines is 1. The average molecular weight is 423 g/mol. The fourth-order valence-corrected chi connectivity index (χ4v) is 4.55. The molecule has 1 atom stereocenters. The SMILES string of the molecule is Cc1cccc(-c2nc(C)c(C)c(N3CCN(C(=O)C[C@H](C)CC(C)(C)C)CC3)n2)c1. The number of aromatic nitrogens is 2. The van der Waals surface area contributed by atoms with E-state index < -0.39 is 0 Å². The third-order valence-electron chi connectivity index (χ3n) is 6.06. The van der Waals surface area contributed by atoms with Gasteiger partial charge in [-0.2, -0.15) is 0 Å². The second-order valence-corrected chi connectivity index (χ2v) is 10.4. The largest absolute Gasteiger partial charge is 0.353 e. The van der Waals surface area contributed by atoms with Gasteiger partial charge in [0.05, 0.1) is 0 Å². The van der Waals surface area contributed by atoms with E-state index in [4.69, 9.17) is 9.97 Å².